The van der Waals surface area contributed by atoms with Crippen molar-refractivity contribution in [3.8, 4) is 0 Å². The van der Waals surface area contributed by atoms with Crippen LogP contribution in [0.2, 0.25) is 0 Å². The van der Waals surface area contributed by atoms with E-state index < -0.39 is 0 Å². The maximum absolute atomic E-state index is 2.83. The van der Waals surface area contributed by atoms with Gasteiger partial charge in [0.2, 0.25) is 0 Å². The van der Waals surface area contributed by atoms with Crippen LogP contribution in [0.4, 0.5) is 0 Å². The van der Waals surface area contributed by atoms with Crippen LogP contribution in [-0.2, 0) is 32.0 Å². The Kier molecular flexibility index (Phi) is 15.3. The van der Waals surface area contributed by atoms with Gasteiger partial charge in [-0.2, -0.15) is 0 Å². The Bertz CT molecular complexity index is 1780. The van der Waals surface area contributed by atoms with Gasteiger partial charge < -0.3 is 0 Å². The SMILES string of the molecule is C1=C(P(C2CCCCC2)C2CCCCC2)[CH]([Ti][CH]2C(P(C3CCCCC3)C3CCCCC3)=Cc3ccccc32)c2ccccc21.c1ccc(CCc2ccccc2)cc1. The molecule has 2 atom stereocenters. The van der Waals surface area contributed by atoms with Crippen molar-refractivity contribution >= 4 is 28.0 Å². The number of hydrogen-bond donors (Lipinski definition) is 0. The summed E-state index contributed by atoms with van der Waals surface area (Å²) in [6.45, 7) is 0. The molecule has 4 fully saturated rings. The summed E-state index contributed by atoms with van der Waals surface area (Å²) in [7, 11) is -0.0939. The zero-order valence-electron chi connectivity index (χ0n) is 36.0. The first-order valence-corrected chi connectivity index (χ1v) is 29.1. The van der Waals surface area contributed by atoms with Gasteiger partial charge in [0.15, 0.2) is 0 Å². The third kappa shape index (κ3) is 10.4. The molecule has 2 unspecified atom stereocenters. The van der Waals surface area contributed by atoms with E-state index in [-0.39, 0.29) is 35.0 Å². The Balaban J connectivity index is 0.000000271. The first-order chi connectivity index (χ1) is 29.3. The van der Waals surface area contributed by atoms with Crippen LogP contribution in [-0.4, -0.2) is 22.6 Å². The van der Waals surface area contributed by atoms with Crippen LogP contribution >= 0.6 is 15.8 Å². The monoisotopic (exact) mass is 852 g/mol. The molecule has 6 aliphatic rings. The summed E-state index contributed by atoms with van der Waals surface area (Å²) in [5, 5.41) is 4.02. The molecule has 0 radical (unpaired) electrons. The molecule has 4 aromatic carbocycles. The third-order valence-electron chi connectivity index (χ3n) is 15.0. The molecule has 0 heterocycles. The normalized spacial score (nSPS) is 22.9. The average Bonchev–Trinajstić information content (AvgIpc) is 3.86. The van der Waals surface area contributed by atoms with E-state index >= 15 is 0 Å². The van der Waals surface area contributed by atoms with E-state index in [0.717, 1.165) is 43.9 Å². The first kappa shape index (κ1) is 42.2. The summed E-state index contributed by atoms with van der Waals surface area (Å²) in [5.41, 5.74) is 13.5. The van der Waals surface area contributed by atoms with Crippen LogP contribution in [0.3, 0.4) is 0 Å². The second-order valence-corrected chi connectivity index (χ2v) is 26.8. The molecule has 59 heavy (non-hydrogen) atoms. The number of benzene rings is 4. The Morgan fingerprint density at radius 1 is 0.356 bits per heavy atom. The smallest absolute Gasteiger partial charge is 0.0238 e. The van der Waals surface area contributed by atoms with Gasteiger partial charge >= 0.3 is 288 Å². The minimum absolute atomic E-state index is 0.0470. The van der Waals surface area contributed by atoms with E-state index in [1.165, 1.54) is 140 Å². The standard InChI is InChI=1S/2C21H28P.C14H14.Ti/c2*1-3-11-19(12-4-1)22(20-13-5-2-6-14-20)21-15-17-9-7-8-10-18(17)16-21;1-3-7-13(8-4-1)11-12-14-9-5-2-6-10-14;/h2*7-10,15-16,19-20H,1-6,11-14H2;1-10H,11-12H2;. The summed E-state index contributed by atoms with van der Waals surface area (Å²) in [6, 6.07) is 40.8. The van der Waals surface area contributed by atoms with Gasteiger partial charge in [0.05, 0.1) is 0 Å². The Morgan fingerprint density at radius 2 is 0.661 bits per heavy atom. The van der Waals surface area contributed by atoms with Crippen molar-refractivity contribution in [1.82, 2.24) is 0 Å². The number of rotatable bonds is 11. The van der Waals surface area contributed by atoms with Gasteiger partial charge in [-0.05, 0) is 24.0 Å². The molecule has 0 nitrogen and oxygen atoms in total. The Morgan fingerprint density at radius 3 is 1.00 bits per heavy atom. The van der Waals surface area contributed by atoms with E-state index in [1.807, 2.05) is 10.6 Å². The van der Waals surface area contributed by atoms with Crippen molar-refractivity contribution in [2.45, 2.75) is 172 Å². The minimum Gasteiger partial charge on any atom is -0.0622 e. The molecule has 4 aromatic rings. The van der Waals surface area contributed by atoms with Crippen molar-refractivity contribution in [3.63, 3.8) is 0 Å². The fourth-order valence-corrected chi connectivity index (χ4v) is 24.8. The van der Waals surface area contributed by atoms with Crippen molar-refractivity contribution in [2.75, 3.05) is 0 Å². The summed E-state index contributed by atoms with van der Waals surface area (Å²) < 4.78 is 1.51. The van der Waals surface area contributed by atoms with Crippen LogP contribution < -0.4 is 0 Å². The second kappa shape index (κ2) is 21.3. The first-order valence-electron chi connectivity index (χ1n) is 24.3. The maximum Gasteiger partial charge on any atom is -0.0238 e. The molecule has 0 aromatic heterocycles. The van der Waals surface area contributed by atoms with Crippen LogP contribution in [0.1, 0.15) is 170 Å². The number of aryl methyl sites for hydroxylation is 2. The molecule has 0 aliphatic heterocycles. The van der Waals surface area contributed by atoms with Crippen LogP contribution in [0, 0.1) is 0 Å². The molecule has 4 saturated carbocycles. The van der Waals surface area contributed by atoms with Crippen molar-refractivity contribution in [1.29, 1.82) is 0 Å². The predicted molar refractivity (Wildman–Crippen MR) is 256 cm³/mol. The van der Waals surface area contributed by atoms with Crippen molar-refractivity contribution < 1.29 is 19.2 Å². The van der Waals surface area contributed by atoms with E-state index in [0.29, 0.717) is 0 Å². The Hall–Kier alpha value is -2.07. The molecular formula is C56H70P2Ti. The number of fused-ring (bicyclic) bond motifs is 2. The van der Waals surface area contributed by atoms with Gasteiger partial charge in [0.1, 0.15) is 0 Å². The van der Waals surface area contributed by atoms with E-state index in [9.17, 15) is 0 Å². The molecular weight excluding hydrogens is 782 g/mol. The predicted octanol–water partition coefficient (Wildman–Crippen LogP) is 17.0. The quantitative estimate of drug-likeness (QED) is 0.104. The fourth-order valence-electron chi connectivity index (χ4n) is 12.0. The van der Waals surface area contributed by atoms with Crippen LogP contribution in [0.25, 0.3) is 12.2 Å². The van der Waals surface area contributed by atoms with E-state index in [4.69, 9.17) is 0 Å². The van der Waals surface area contributed by atoms with Gasteiger partial charge in [0, 0.05) is 0 Å². The molecule has 3 heteroatoms. The van der Waals surface area contributed by atoms with Crippen molar-refractivity contribution in [3.05, 3.63) is 153 Å². The van der Waals surface area contributed by atoms with Gasteiger partial charge in [-0.15, -0.1) is 0 Å². The molecule has 0 N–H and O–H groups in total. The molecule has 6 aliphatic carbocycles. The summed E-state index contributed by atoms with van der Waals surface area (Å²) in [4.78, 5) is 0. The molecule has 0 amide bonds. The number of allylic oxidation sites excluding steroid dienone is 2. The molecule has 10 rings (SSSR count). The fraction of sp³-hybridized carbons (Fsp3) is 0.500. The molecule has 308 valence electrons. The molecule has 0 spiro atoms. The van der Waals surface area contributed by atoms with E-state index in [2.05, 4.69) is 121 Å². The minimum atomic E-state index is -0.298. The number of hydrogen-bond acceptors (Lipinski definition) is 0. The van der Waals surface area contributed by atoms with Gasteiger partial charge in [-0.25, -0.2) is 0 Å². The van der Waals surface area contributed by atoms with Crippen molar-refractivity contribution in [2.24, 2.45) is 0 Å². The topological polar surface area (TPSA) is 0 Å². The largest absolute Gasteiger partial charge is 0.0622 e. The maximum atomic E-state index is 2.83. The summed E-state index contributed by atoms with van der Waals surface area (Å²) >= 11 is -0.298. The summed E-state index contributed by atoms with van der Waals surface area (Å²) in [6.07, 6.45) is 38.0. The van der Waals surface area contributed by atoms with Gasteiger partial charge in [-0.3, -0.25) is 0 Å². The second-order valence-electron chi connectivity index (χ2n) is 18.9. The van der Waals surface area contributed by atoms with E-state index in [1.54, 1.807) is 22.3 Å². The molecule has 0 bridgehead atoms. The van der Waals surface area contributed by atoms with Gasteiger partial charge in [0.25, 0.3) is 0 Å². The third-order valence-corrected chi connectivity index (χ3v) is 25.9. The molecule has 0 saturated heterocycles. The van der Waals surface area contributed by atoms with Crippen LogP contribution in [0.5, 0.6) is 0 Å². The average molecular weight is 853 g/mol. The zero-order valence-corrected chi connectivity index (χ0v) is 39.3. The Labute approximate surface area is 370 Å². The van der Waals surface area contributed by atoms with Gasteiger partial charge in [-0.1, -0.05) is 60.7 Å². The zero-order chi connectivity index (χ0) is 39.6. The summed E-state index contributed by atoms with van der Waals surface area (Å²) in [5.74, 6) is 0. The van der Waals surface area contributed by atoms with Crippen LogP contribution in [0.15, 0.2) is 120 Å².